The molecule has 1 saturated heterocycles. The molecule has 0 bridgehead atoms. The highest BCUT2D eigenvalue weighted by atomic mass is 19.1. The van der Waals surface area contributed by atoms with Crippen molar-refractivity contribution in [3.8, 4) is 11.1 Å². The van der Waals surface area contributed by atoms with Gasteiger partial charge in [-0.15, -0.1) is 0 Å². The molecule has 1 aromatic heterocycles. The van der Waals surface area contributed by atoms with Crippen LogP contribution in [-0.4, -0.2) is 54.5 Å². The Morgan fingerprint density at radius 3 is 2.66 bits per heavy atom. The second-order valence-electron chi connectivity index (χ2n) is 7.02. The summed E-state index contributed by atoms with van der Waals surface area (Å²) in [4.78, 5) is 42.2. The molecule has 1 fully saturated rings. The zero-order chi connectivity index (χ0) is 21.3. The van der Waals surface area contributed by atoms with Crippen LogP contribution in [0.3, 0.4) is 0 Å². The van der Waals surface area contributed by atoms with E-state index >= 15 is 0 Å². The minimum atomic E-state index is -0.692. The number of aromatic nitrogens is 1. The van der Waals surface area contributed by atoms with Gasteiger partial charge in [0, 0.05) is 25.9 Å². The fourth-order valence-corrected chi connectivity index (χ4v) is 2.99. The number of nitrogens with two attached hydrogens (primary N) is 1. The van der Waals surface area contributed by atoms with Crippen LogP contribution >= 0.6 is 0 Å². The van der Waals surface area contributed by atoms with E-state index in [2.05, 4.69) is 4.98 Å². The van der Waals surface area contributed by atoms with Gasteiger partial charge in [0.25, 0.3) is 5.91 Å². The van der Waals surface area contributed by atoms with E-state index in [1.807, 2.05) is 0 Å². The summed E-state index contributed by atoms with van der Waals surface area (Å²) in [6, 6.07) is 7.41. The molecule has 2 N–H and O–H groups in total. The molecule has 3 rings (SSSR count). The summed E-state index contributed by atoms with van der Waals surface area (Å²) in [6.45, 7) is 1.67. The number of halogens is 1. The molecule has 1 aromatic carbocycles. The smallest absolute Gasteiger partial charge is 0.414 e. The summed E-state index contributed by atoms with van der Waals surface area (Å²) in [5.74, 6) is -2.10. The highest BCUT2D eigenvalue weighted by molar-refractivity contribution is 5.93. The van der Waals surface area contributed by atoms with Crippen molar-refractivity contribution in [1.82, 2.24) is 9.88 Å². The van der Waals surface area contributed by atoms with Crippen molar-refractivity contribution in [2.24, 2.45) is 11.7 Å². The molecule has 0 aliphatic carbocycles. The first-order valence-electron chi connectivity index (χ1n) is 8.94. The van der Waals surface area contributed by atoms with Gasteiger partial charge in [-0.2, -0.15) is 0 Å². The number of nitrogens with zero attached hydrogens (tertiary/aromatic N) is 3. The molecule has 0 spiro atoms. The van der Waals surface area contributed by atoms with Gasteiger partial charge < -0.3 is 15.4 Å². The lowest BCUT2D eigenvalue weighted by Crippen LogP contribution is -2.34. The van der Waals surface area contributed by atoms with Crippen molar-refractivity contribution in [3.63, 3.8) is 0 Å². The molecule has 0 radical (unpaired) electrons. The SMILES string of the molecule is CC(C(N)=O)C1CN(c2ccc(-c3ccnc(C(=O)N(C)C)c3)c(F)c2)C(=O)O1. The number of amides is 3. The van der Waals surface area contributed by atoms with Crippen molar-refractivity contribution in [2.75, 3.05) is 25.5 Å². The predicted molar refractivity (Wildman–Crippen MR) is 104 cm³/mol. The van der Waals surface area contributed by atoms with Gasteiger partial charge in [-0.05, 0) is 42.8 Å². The summed E-state index contributed by atoms with van der Waals surface area (Å²) in [5.41, 5.74) is 6.51. The monoisotopic (exact) mass is 400 g/mol. The molecule has 152 valence electrons. The van der Waals surface area contributed by atoms with Crippen molar-refractivity contribution in [1.29, 1.82) is 0 Å². The maximum atomic E-state index is 14.8. The molecule has 3 amide bonds. The maximum absolute atomic E-state index is 14.8. The van der Waals surface area contributed by atoms with E-state index in [9.17, 15) is 18.8 Å². The van der Waals surface area contributed by atoms with Gasteiger partial charge in [-0.3, -0.25) is 19.5 Å². The highest BCUT2D eigenvalue weighted by Gasteiger charge is 2.37. The molecule has 29 heavy (non-hydrogen) atoms. The van der Waals surface area contributed by atoms with E-state index < -0.39 is 29.8 Å². The summed E-state index contributed by atoms with van der Waals surface area (Å²) < 4.78 is 20.0. The second-order valence-corrected chi connectivity index (χ2v) is 7.02. The molecule has 9 heteroatoms. The fourth-order valence-electron chi connectivity index (χ4n) is 2.99. The Hall–Kier alpha value is -3.49. The Morgan fingerprint density at radius 2 is 2.03 bits per heavy atom. The minimum absolute atomic E-state index is 0.0957. The van der Waals surface area contributed by atoms with Gasteiger partial charge in [-0.1, -0.05) is 0 Å². The molecule has 0 saturated carbocycles. The first-order chi connectivity index (χ1) is 13.7. The number of carbonyl (C=O) groups is 3. The number of benzene rings is 1. The normalized spacial score (nSPS) is 17.0. The van der Waals surface area contributed by atoms with Crippen LogP contribution in [0.4, 0.5) is 14.9 Å². The van der Waals surface area contributed by atoms with Crippen LogP contribution in [-0.2, 0) is 9.53 Å². The standard InChI is InChI=1S/C20H21FN4O4/c1-11(18(22)26)17-10-25(20(28)29-17)13-4-5-14(15(21)9-13)12-6-7-23-16(8-12)19(27)24(2)3/h4-9,11,17H,10H2,1-3H3,(H2,22,26). The number of carbonyl (C=O) groups excluding carboxylic acids is 3. The number of anilines is 1. The lowest BCUT2D eigenvalue weighted by atomic mass is 10.0. The van der Waals surface area contributed by atoms with Crippen molar-refractivity contribution in [3.05, 3.63) is 48.0 Å². The Labute approximate surface area is 167 Å². The van der Waals surface area contributed by atoms with E-state index in [0.717, 1.165) is 0 Å². The fraction of sp³-hybridized carbons (Fsp3) is 0.300. The van der Waals surface area contributed by atoms with Crippen LogP contribution in [0.15, 0.2) is 36.5 Å². The molecule has 8 nitrogen and oxygen atoms in total. The zero-order valence-corrected chi connectivity index (χ0v) is 16.3. The number of hydrogen-bond donors (Lipinski definition) is 1. The third kappa shape index (κ3) is 4.03. The van der Waals surface area contributed by atoms with E-state index in [0.29, 0.717) is 11.3 Å². The van der Waals surface area contributed by atoms with Gasteiger partial charge in [-0.25, -0.2) is 9.18 Å². The predicted octanol–water partition coefficient (Wildman–Crippen LogP) is 2.04. The van der Waals surface area contributed by atoms with Crippen LogP contribution in [0.5, 0.6) is 0 Å². The molecule has 2 atom stereocenters. The summed E-state index contributed by atoms with van der Waals surface area (Å²) in [5, 5.41) is 0. The number of ether oxygens (including phenoxy) is 1. The quantitative estimate of drug-likeness (QED) is 0.827. The van der Waals surface area contributed by atoms with Gasteiger partial charge >= 0.3 is 6.09 Å². The number of pyridine rings is 1. The first kappa shape index (κ1) is 20.2. The highest BCUT2D eigenvalue weighted by Crippen LogP contribution is 2.30. The van der Waals surface area contributed by atoms with Crippen molar-refractivity contribution in [2.45, 2.75) is 13.0 Å². The molecule has 2 unspecified atom stereocenters. The van der Waals surface area contributed by atoms with Crippen molar-refractivity contribution < 1.29 is 23.5 Å². The lowest BCUT2D eigenvalue weighted by molar-refractivity contribution is -0.123. The van der Waals surface area contributed by atoms with Crippen molar-refractivity contribution >= 4 is 23.6 Å². The third-order valence-electron chi connectivity index (χ3n) is 4.80. The Kier molecular flexibility index (Phi) is 5.49. The van der Waals surface area contributed by atoms with Gasteiger partial charge in [0.05, 0.1) is 18.2 Å². The van der Waals surface area contributed by atoms with Crippen LogP contribution in [0.25, 0.3) is 11.1 Å². The minimum Gasteiger partial charge on any atom is -0.443 e. The Balaban J connectivity index is 1.86. The number of cyclic esters (lactones) is 1. The van der Waals surface area contributed by atoms with E-state index in [1.165, 1.54) is 34.2 Å². The lowest BCUT2D eigenvalue weighted by Gasteiger charge is -2.16. The second kappa shape index (κ2) is 7.86. The average molecular weight is 400 g/mol. The maximum Gasteiger partial charge on any atom is 0.414 e. The summed E-state index contributed by atoms with van der Waals surface area (Å²) in [7, 11) is 3.21. The van der Waals surface area contributed by atoms with Crippen LogP contribution in [0.2, 0.25) is 0 Å². The molecule has 2 heterocycles. The number of hydrogen-bond acceptors (Lipinski definition) is 5. The molecular formula is C20H21FN4O4. The van der Waals surface area contributed by atoms with Crippen LogP contribution in [0.1, 0.15) is 17.4 Å². The molecular weight excluding hydrogens is 379 g/mol. The third-order valence-corrected chi connectivity index (χ3v) is 4.80. The average Bonchev–Trinajstić information content (AvgIpc) is 3.08. The number of primary amides is 1. The van der Waals surface area contributed by atoms with Gasteiger partial charge in [0.15, 0.2) is 0 Å². The molecule has 1 aliphatic heterocycles. The Bertz CT molecular complexity index is 979. The number of rotatable bonds is 5. The van der Waals surface area contributed by atoms with Crippen LogP contribution < -0.4 is 10.6 Å². The summed E-state index contributed by atoms with van der Waals surface area (Å²) >= 11 is 0. The summed E-state index contributed by atoms with van der Waals surface area (Å²) in [6.07, 6.45) is 0.0770. The van der Waals surface area contributed by atoms with Gasteiger partial charge in [0.1, 0.15) is 17.6 Å². The Morgan fingerprint density at radius 1 is 1.31 bits per heavy atom. The van der Waals surface area contributed by atoms with Crippen LogP contribution in [0, 0.1) is 11.7 Å². The van der Waals surface area contributed by atoms with E-state index in [4.69, 9.17) is 10.5 Å². The van der Waals surface area contributed by atoms with E-state index in [-0.39, 0.29) is 23.7 Å². The topological polar surface area (TPSA) is 106 Å². The zero-order valence-electron chi connectivity index (χ0n) is 16.3. The largest absolute Gasteiger partial charge is 0.443 e. The first-order valence-corrected chi connectivity index (χ1v) is 8.94. The molecule has 2 aromatic rings. The van der Waals surface area contributed by atoms with Gasteiger partial charge in [0.2, 0.25) is 5.91 Å². The van der Waals surface area contributed by atoms with E-state index in [1.54, 1.807) is 33.2 Å². The molecule has 1 aliphatic rings.